The molecule has 2 unspecified atom stereocenters. The highest BCUT2D eigenvalue weighted by Crippen LogP contribution is 2.30. The lowest BCUT2D eigenvalue weighted by atomic mass is 10.0. The van der Waals surface area contributed by atoms with Crippen LogP contribution in [0.1, 0.15) is 23.5 Å². The van der Waals surface area contributed by atoms with E-state index in [0.717, 1.165) is 17.3 Å². The Balaban J connectivity index is 1.52. The van der Waals surface area contributed by atoms with E-state index in [0.29, 0.717) is 25.2 Å². The smallest absolute Gasteiger partial charge is 0.261 e. The maximum Gasteiger partial charge on any atom is 0.261 e. The van der Waals surface area contributed by atoms with Gasteiger partial charge in [0.15, 0.2) is 6.17 Å². The molecule has 2 aliphatic rings. The molecule has 0 bridgehead atoms. The zero-order chi connectivity index (χ0) is 19.2. The molecular weight excluding hydrogens is 371 g/mol. The van der Waals surface area contributed by atoms with E-state index in [-0.39, 0.29) is 16.7 Å². The zero-order valence-electron chi connectivity index (χ0n) is 14.6. The molecule has 4 rings (SSSR count). The molecule has 1 aromatic carbocycles. The van der Waals surface area contributed by atoms with Gasteiger partial charge in [-0.2, -0.15) is 4.72 Å². The van der Waals surface area contributed by atoms with Crippen LogP contribution in [0.3, 0.4) is 0 Å². The first-order valence-electron chi connectivity index (χ1n) is 8.62. The van der Waals surface area contributed by atoms with Crippen molar-refractivity contribution in [3.63, 3.8) is 0 Å². The van der Waals surface area contributed by atoms with Crippen molar-refractivity contribution in [1.82, 2.24) is 14.6 Å². The van der Waals surface area contributed by atoms with E-state index >= 15 is 0 Å². The van der Waals surface area contributed by atoms with Crippen molar-refractivity contribution >= 4 is 21.6 Å². The second kappa shape index (κ2) is 6.58. The third kappa shape index (κ3) is 3.40. The Hall–Kier alpha value is -2.52. The van der Waals surface area contributed by atoms with Gasteiger partial charge in [-0.1, -0.05) is 6.07 Å². The molecule has 27 heavy (non-hydrogen) atoms. The monoisotopic (exact) mass is 390 g/mol. The molecule has 0 aliphatic carbocycles. The Labute approximate surface area is 156 Å². The lowest BCUT2D eigenvalue weighted by molar-refractivity contribution is -0.131. The molecule has 0 saturated carbocycles. The minimum absolute atomic E-state index is 0.0214. The number of hydrogen-bond acceptors (Lipinski definition) is 5. The van der Waals surface area contributed by atoms with E-state index in [2.05, 4.69) is 15.0 Å². The van der Waals surface area contributed by atoms with Gasteiger partial charge < -0.3 is 10.2 Å². The van der Waals surface area contributed by atoms with Crippen LogP contribution in [0.4, 0.5) is 10.1 Å². The molecule has 0 spiro atoms. The first-order valence-corrected chi connectivity index (χ1v) is 10.1. The SMILES string of the molecule is Cc1ccc2c(c1)NC(C(=O)N1CCC(c3cncc(F)c3)C1)NS2(=O)=O. The quantitative estimate of drug-likeness (QED) is 0.812. The number of halogens is 1. The highest BCUT2D eigenvalue weighted by Gasteiger charge is 2.37. The minimum Gasteiger partial charge on any atom is -0.360 e. The van der Waals surface area contributed by atoms with Crippen LogP contribution in [0.2, 0.25) is 0 Å². The molecule has 2 atom stereocenters. The van der Waals surface area contributed by atoms with Gasteiger partial charge in [0.2, 0.25) is 10.0 Å². The Bertz CT molecular complexity index is 1010. The van der Waals surface area contributed by atoms with E-state index in [1.54, 1.807) is 23.2 Å². The summed E-state index contributed by atoms with van der Waals surface area (Å²) < 4.78 is 40.7. The Morgan fingerprint density at radius 3 is 2.89 bits per heavy atom. The Kier molecular flexibility index (Phi) is 4.35. The average molecular weight is 390 g/mol. The van der Waals surface area contributed by atoms with Gasteiger partial charge in [-0.15, -0.1) is 0 Å². The third-order valence-electron chi connectivity index (χ3n) is 4.94. The minimum atomic E-state index is -3.77. The normalized spacial score (nSPS) is 23.6. The highest BCUT2D eigenvalue weighted by molar-refractivity contribution is 7.89. The van der Waals surface area contributed by atoms with Crippen molar-refractivity contribution in [1.29, 1.82) is 0 Å². The number of likely N-dealkylation sites (tertiary alicyclic amines) is 1. The molecule has 9 heteroatoms. The maximum atomic E-state index is 13.4. The summed E-state index contributed by atoms with van der Waals surface area (Å²) in [5, 5.41) is 2.98. The second-order valence-corrected chi connectivity index (χ2v) is 8.59. The molecule has 3 heterocycles. The van der Waals surface area contributed by atoms with E-state index in [1.807, 2.05) is 6.92 Å². The number of carbonyl (C=O) groups is 1. The summed E-state index contributed by atoms with van der Waals surface area (Å²) in [4.78, 5) is 18.5. The van der Waals surface area contributed by atoms with Crippen LogP contribution in [0.25, 0.3) is 0 Å². The number of fused-ring (bicyclic) bond motifs is 1. The summed E-state index contributed by atoms with van der Waals surface area (Å²) in [5.74, 6) is -0.782. The first-order chi connectivity index (χ1) is 12.8. The van der Waals surface area contributed by atoms with Gasteiger partial charge in [-0.25, -0.2) is 12.8 Å². The number of nitrogens with one attached hydrogen (secondary N) is 2. The lowest BCUT2D eigenvalue weighted by Gasteiger charge is -2.30. The maximum absolute atomic E-state index is 13.4. The van der Waals surface area contributed by atoms with Crippen molar-refractivity contribution in [2.45, 2.75) is 30.3 Å². The number of amides is 1. The molecule has 1 aromatic heterocycles. The molecule has 1 amide bonds. The first kappa shape index (κ1) is 17.9. The number of sulfonamides is 1. The van der Waals surface area contributed by atoms with E-state index in [9.17, 15) is 17.6 Å². The second-order valence-electron chi connectivity index (χ2n) is 6.90. The third-order valence-corrected chi connectivity index (χ3v) is 6.42. The standard InChI is InChI=1S/C18H19FN4O3S/c1-11-2-3-16-15(6-11)21-17(22-27(16,25)26)18(24)23-5-4-12(10-23)13-7-14(19)9-20-8-13/h2-3,6-9,12,17,21-22H,4-5,10H2,1H3. The van der Waals surface area contributed by atoms with Gasteiger partial charge in [-0.3, -0.25) is 9.78 Å². The van der Waals surface area contributed by atoms with Crippen molar-refractivity contribution in [2.24, 2.45) is 0 Å². The number of nitrogens with zero attached hydrogens (tertiary/aromatic N) is 2. The summed E-state index contributed by atoms with van der Waals surface area (Å²) in [6.45, 7) is 2.72. The molecule has 0 radical (unpaired) electrons. The number of aryl methyl sites for hydroxylation is 1. The number of anilines is 1. The van der Waals surface area contributed by atoms with Crippen molar-refractivity contribution in [3.8, 4) is 0 Å². The van der Waals surface area contributed by atoms with Gasteiger partial charge in [0, 0.05) is 25.2 Å². The van der Waals surface area contributed by atoms with Gasteiger partial charge in [0.25, 0.3) is 5.91 Å². The van der Waals surface area contributed by atoms with Crippen molar-refractivity contribution in [2.75, 3.05) is 18.4 Å². The lowest BCUT2D eigenvalue weighted by Crippen LogP contribution is -2.54. The summed E-state index contributed by atoms with van der Waals surface area (Å²) in [6, 6.07) is 6.36. The van der Waals surface area contributed by atoms with Crippen LogP contribution in [0, 0.1) is 12.7 Å². The summed E-state index contributed by atoms with van der Waals surface area (Å²) in [7, 11) is -3.77. The van der Waals surface area contributed by atoms with Gasteiger partial charge >= 0.3 is 0 Å². The number of pyridine rings is 1. The van der Waals surface area contributed by atoms with Gasteiger partial charge in [-0.05, 0) is 42.7 Å². The van der Waals surface area contributed by atoms with Crippen LogP contribution in [-0.2, 0) is 14.8 Å². The van der Waals surface area contributed by atoms with E-state index < -0.39 is 22.0 Å². The van der Waals surface area contributed by atoms with Gasteiger partial charge in [0.1, 0.15) is 10.7 Å². The molecule has 2 aromatic rings. The highest BCUT2D eigenvalue weighted by atomic mass is 32.2. The topological polar surface area (TPSA) is 91.4 Å². The van der Waals surface area contributed by atoms with Crippen LogP contribution in [-0.4, -0.2) is 43.5 Å². The Morgan fingerprint density at radius 2 is 2.11 bits per heavy atom. The van der Waals surface area contributed by atoms with Gasteiger partial charge in [0.05, 0.1) is 11.9 Å². The molecule has 2 N–H and O–H groups in total. The molecule has 1 saturated heterocycles. The Morgan fingerprint density at radius 1 is 1.30 bits per heavy atom. The van der Waals surface area contributed by atoms with Crippen LogP contribution in [0.15, 0.2) is 41.6 Å². The number of carbonyl (C=O) groups excluding carboxylic acids is 1. The fourth-order valence-electron chi connectivity index (χ4n) is 3.57. The summed E-state index contributed by atoms with van der Waals surface area (Å²) in [6.07, 6.45) is 2.35. The molecular formula is C18H19FN4O3S. The average Bonchev–Trinajstić information content (AvgIpc) is 3.10. The zero-order valence-corrected chi connectivity index (χ0v) is 15.5. The van der Waals surface area contributed by atoms with Crippen LogP contribution >= 0.6 is 0 Å². The number of aromatic nitrogens is 1. The molecule has 1 fully saturated rings. The van der Waals surface area contributed by atoms with Crippen molar-refractivity contribution in [3.05, 3.63) is 53.6 Å². The molecule has 2 aliphatic heterocycles. The number of hydrogen-bond donors (Lipinski definition) is 2. The largest absolute Gasteiger partial charge is 0.360 e. The number of rotatable bonds is 2. The van der Waals surface area contributed by atoms with Crippen molar-refractivity contribution < 1.29 is 17.6 Å². The number of benzene rings is 1. The summed E-state index contributed by atoms with van der Waals surface area (Å²) >= 11 is 0. The summed E-state index contributed by atoms with van der Waals surface area (Å²) in [5.41, 5.74) is 2.05. The van der Waals surface area contributed by atoms with E-state index in [4.69, 9.17) is 0 Å². The fourth-order valence-corrected chi connectivity index (χ4v) is 4.82. The van der Waals surface area contributed by atoms with E-state index in [1.165, 1.54) is 12.1 Å². The van der Waals surface area contributed by atoms with Crippen LogP contribution in [0.5, 0.6) is 0 Å². The predicted octanol–water partition coefficient (Wildman–Crippen LogP) is 1.58. The fraction of sp³-hybridized carbons (Fsp3) is 0.333. The van der Waals surface area contributed by atoms with Crippen LogP contribution < -0.4 is 10.0 Å². The molecule has 142 valence electrons. The predicted molar refractivity (Wildman–Crippen MR) is 97.0 cm³/mol. The molecule has 7 nitrogen and oxygen atoms in total.